The molecule has 8 heteroatoms. The summed E-state index contributed by atoms with van der Waals surface area (Å²) in [4.78, 5) is 17.2. The van der Waals surface area contributed by atoms with E-state index < -0.39 is 0 Å². The third-order valence-electron chi connectivity index (χ3n) is 8.50. The number of ether oxygens (including phenoxy) is 3. The van der Waals surface area contributed by atoms with Crippen LogP contribution < -0.4 is 4.74 Å². The first-order valence-corrected chi connectivity index (χ1v) is 14.3. The minimum absolute atomic E-state index is 0.0339. The lowest BCUT2D eigenvalue weighted by Gasteiger charge is -2.55. The molecule has 1 aliphatic heterocycles. The lowest BCUT2D eigenvalue weighted by Crippen LogP contribution is -2.63. The highest BCUT2D eigenvalue weighted by Crippen LogP contribution is 2.41. The van der Waals surface area contributed by atoms with Gasteiger partial charge in [0.25, 0.3) is 0 Å². The summed E-state index contributed by atoms with van der Waals surface area (Å²) in [5, 5.41) is 11.0. The summed E-state index contributed by atoms with van der Waals surface area (Å²) in [6.45, 7) is 13.6. The van der Waals surface area contributed by atoms with Crippen LogP contribution in [0.5, 0.6) is 5.88 Å². The highest BCUT2D eigenvalue weighted by molar-refractivity contribution is 5.85. The van der Waals surface area contributed by atoms with E-state index in [-0.39, 0.29) is 23.3 Å². The topological polar surface area (TPSA) is 89.8 Å². The maximum Gasteiger partial charge on any atom is 0.224 e. The van der Waals surface area contributed by atoms with Crippen LogP contribution in [0.1, 0.15) is 90.4 Å². The van der Waals surface area contributed by atoms with Gasteiger partial charge >= 0.3 is 0 Å². The number of hydrogen-bond acceptors (Lipinski definition) is 8. The quantitative estimate of drug-likeness (QED) is 0.465. The number of aromatic nitrogens is 3. The number of likely N-dealkylation sites (tertiary alicyclic amines) is 1. The van der Waals surface area contributed by atoms with Crippen molar-refractivity contribution in [2.75, 3.05) is 34.0 Å². The zero-order chi connectivity index (χ0) is 27.5. The Bertz CT molecular complexity index is 1050. The van der Waals surface area contributed by atoms with Crippen LogP contribution in [0.25, 0.3) is 10.9 Å². The van der Waals surface area contributed by atoms with Crippen LogP contribution in [0.15, 0.2) is 12.4 Å². The largest absolute Gasteiger partial charge is 0.474 e. The van der Waals surface area contributed by atoms with Crippen molar-refractivity contribution in [3.8, 4) is 5.88 Å². The van der Waals surface area contributed by atoms with Gasteiger partial charge in [-0.25, -0.2) is 15.0 Å². The number of aliphatic hydroxyl groups excluding tert-OH is 1. The summed E-state index contributed by atoms with van der Waals surface area (Å²) >= 11 is 0. The van der Waals surface area contributed by atoms with E-state index in [0.29, 0.717) is 30.9 Å². The molecule has 2 aromatic rings. The average molecular weight is 529 g/mol. The van der Waals surface area contributed by atoms with Crippen LogP contribution in [0.2, 0.25) is 0 Å². The van der Waals surface area contributed by atoms with Crippen molar-refractivity contribution < 1.29 is 19.3 Å². The van der Waals surface area contributed by atoms with Crippen molar-refractivity contribution in [3.63, 3.8) is 0 Å². The molecule has 2 aromatic heterocycles. The Kier molecular flexibility index (Phi) is 9.28. The maximum atomic E-state index is 10.1. The van der Waals surface area contributed by atoms with Gasteiger partial charge in [-0.05, 0) is 65.2 Å². The number of piperidine rings is 1. The van der Waals surface area contributed by atoms with Crippen LogP contribution >= 0.6 is 0 Å². The molecule has 0 bridgehead atoms. The van der Waals surface area contributed by atoms with Crippen molar-refractivity contribution in [3.05, 3.63) is 23.8 Å². The van der Waals surface area contributed by atoms with E-state index in [1.54, 1.807) is 14.2 Å². The fourth-order valence-electron chi connectivity index (χ4n) is 6.84. The van der Waals surface area contributed by atoms with E-state index in [9.17, 15) is 5.11 Å². The Morgan fingerprint density at radius 1 is 1.00 bits per heavy atom. The molecule has 1 saturated heterocycles. The highest BCUT2D eigenvalue weighted by Gasteiger charge is 2.46. The van der Waals surface area contributed by atoms with Gasteiger partial charge in [0.15, 0.2) is 0 Å². The van der Waals surface area contributed by atoms with Crippen molar-refractivity contribution in [2.45, 2.75) is 109 Å². The second-order valence-corrected chi connectivity index (χ2v) is 12.8. The molecule has 1 N–H and O–H groups in total. The maximum absolute atomic E-state index is 10.1. The van der Waals surface area contributed by atoms with Gasteiger partial charge in [-0.2, -0.15) is 0 Å². The van der Waals surface area contributed by atoms with Crippen LogP contribution in [0, 0.1) is 5.92 Å². The molecule has 3 heterocycles. The normalized spacial score (nSPS) is 24.9. The lowest BCUT2D eigenvalue weighted by atomic mass is 9.78. The molecular weight excluding hydrogens is 480 g/mol. The predicted octanol–water partition coefficient (Wildman–Crippen LogP) is 4.92. The number of aliphatic hydroxyl groups is 1. The second-order valence-electron chi connectivity index (χ2n) is 12.8. The van der Waals surface area contributed by atoms with E-state index in [2.05, 4.69) is 39.5 Å². The van der Waals surface area contributed by atoms with E-state index in [1.807, 2.05) is 12.4 Å². The molecule has 212 valence electrons. The SMILES string of the molecule is COCCN1C(C)(C)CC(Oc2ncc(C3CCC(O)CC3)c3nc(C[C@@H](C)COC)ncc23)CC1(C)C. The average Bonchev–Trinajstić information content (AvgIpc) is 2.83. The molecule has 0 unspecified atom stereocenters. The summed E-state index contributed by atoms with van der Waals surface area (Å²) in [7, 11) is 3.49. The summed E-state index contributed by atoms with van der Waals surface area (Å²) in [5.41, 5.74) is 2.02. The monoisotopic (exact) mass is 528 g/mol. The van der Waals surface area contributed by atoms with Gasteiger partial charge in [-0.1, -0.05) is 6.92 Å². The molecule has 0 aromatic carbocycles. The van der Waals surface area contributed by atoms with Gasteiger partial charge in [0, 0.05) is 75.7 Å². The highest BCUT2D eigenvalue weighted by atomic mass is 16.5. The van der Waals surface area contributed by atoms with Crippen LogP contribution in [0.3, 0.4) is 0 Å². The minimum Gasteiger partial charge on any atom is -0.474 e. The number of pyridine rings is 1. The molecule has 0 radical (unpaired) electrons. The summed E-state index contributed by atoms with van der Waals surface area (Å²) < 4.78 is 17.4. The number of hydrogen-bond donors (Lipinski definition) is 1. The summed E-state index contributed by atoms with van der Waals surface area (Å²) in [6, 6.07) is 0. The number of methoxy groups -OCH3 is 2. The summed E-state index contributed by atoms with van der Waals surface area (Å²) in [5.74, 6) is 2.11. The van der Waals surface area contributed by atoms with Gasteiger partial charge in [0.05, 0.1) is 23.6 Å². The Hall–Kier alpha value is -1.87. The van der Waals surface area contributed by atoms with Gasteiger partial charge in [-0.15, -0.1) is 0 Å². The molecular formula is C30H48N4O4. The fraction of sp³-hybridized carbons (Fsp3) is 0.767. The number of nitrogens with zero attached hydrogens (tertiary/aromatic N) is 4. The van der Waals surface area contributed by atoms with E-state index >= 15 is 0 Å². The van der Waals surface area contributed by atoms with E-state index in [1.165, 1.54) is 0 Å². The standard InChI is InChI=1S/C30H48N4O4/c1-20(19-37-7)14-26-31-18-25-27(33-26)24(21-8-10-22(35)11-9-21)17-32-28(25)38-23-15-29(2,3)34(12-13-36-6)30(4,5)16-23/h17-18,20-23,35H,8-16,19H2,1-7H3/t20-,21?,22?/m1/s1. The minimum atomic E-state index is -0.199. The lowest BCUT2D eigenvalue weighted by molar-refractivity contribution is -0.0815. The van der Waals surface area contributed by atoms with Crippen molar-refractivity contribution in [2.24, 2.45) is 5.92 Å². The van der Waals surface area contributed by atoms with Gasteiger partial charge in [-0.3, -0.25) is 4.90 Å². The second kappa shape index (κ2) is 12.1. The number of fused-ring (bicyclic) bond motifs is 1. The molecule has 38 heavy (non-hydrogen) atoms. The first kappa shape index (κ1) is 29.1. The van der Waals surface area contributed by atoms with Crippen LogP contribution in [0.4, 0.5) is 0 Å². The third kappa shape index (κ3) is 6.64. The van der Waals surface area contributed by atoms with Crippen LogP contribution in [-0.2, 0) is 15.9 Å². The van der Waals surface area contributed by atoms with Crippen molar-refractivity contribution in [1.29, 1.82) is 0 Å². The van der Waals surface area contributed by atoms with Crippen molar-refractivity contribution >= 4 is 10.9 Å². The zero-order valence-corrected chi connectivity index (χ0v) is 24.5. The molecule has 4 rings (SSSR count). The first-order valence-electron chi connectivity index (χ1n) is 14.3. The Morgan fingerprint density at radius 3 is 2.32 bits per heavy atom. The van der Waals surface area contributed by atoms with E-state index in [0.717, 1.165) is 73.8 Å². The molecule has 1 saturated carbocycles. The molecule has 1 atom stereocenters. The Labute approximate surface area is 228 Å². The molecule has 0 spiro atoms. The van der Waals surface area contributed by atoms with Crippen LogP contribution in [-0.4, -0.2) is 82.2 Å². The molecule has 1 aliphatic carbocycles. The Balaban J connectivity index is 1.65. The zero-order valence-electron chi connectivity index (χ0n) is 24.5. The number of rotatable bonds is 10. The molecule has 8 nitrogen and oxygen atoms in total. The van der Waals surface area contributed by atoms with Crippen molar-refractivity contribution in [1.82, 2.24) is 19.9 Å². The smallest absolute Gasteiger partial charge is 0.224 e. The van der Waals surface area contributed by atoms with Gasteiger partial charge < -0.3 is 19.3 Å². The molecule has 2 aliphatic rings. The van der Waals surface area contributed by atoms with E-state index in [4.69, 9.17) is 29.2 Å². The molecule has 2 fully saturated rings. The summed E-state index contributed by atoms with van der Waals surface area (Å²) in [6.07, 6.45) is 9.80. The third-order valence-corrected chi connectivity index (χ3v) is 8.50. The van der Waals surface area contributed by atoms with Gasteiger partial charge in [0.2, 0.25) is 5.88 Å². The van der Waals surface area contributed by atoms with Gasteiger partial charge in [0.1, 0.15) is 11.9 Å². The Morgan fingerprint density at radius 2 is 1.68 bits per heavy atom. The first-order chi connectivity index (χ1) is 18.0. The fourth-order valence-corrected chi connectivity index (χ4v) is 6.84. The predicted molar refractivity (Wildman–Crippen MR) is 150 cm³/mol. The molecule has 0 amide bonds.